The van der Waals surface area contributed by atoms with Crippen LogP contribution in [-0.4, -0.2) is 45.6 Å². The highest BCUT2D eigenvalue weighted by molar-refractivity contribution is 9.10. The molecule has 4 aliphatic rings. The number of aryl methyl sites for hydroxylation is 2. The molecule has 6 atom stereocenters. The quantitative estimate of drug-likeness (QED) is 0.140. The van der Waals surface area contributed by atoms with Gasteiger partial charge in [0.2, 0.25) is 23.6 Å². The maximum Gasteiger partial charge on any atom is 0.242 e. The van der Waals surface area contributed by atoms with Crippen molar-refractivity contribution >= 4 is 84.1 Å². The van der Waals surface area contributed by atoms with Crippen LogP contribution in [0.1, 0.15) is 36.8 Å². The third kappa shape index (κ3) is 4.85. The number of hydrogen-bond donors (Lipinski definition) is 1. The number of hydrogen-bond acceptors (Lipinski definition) is 8. The molecular weight excluding hydrogens is 792 g/mol. The molecule has 6 unspecified atom stereocenters. The maximum absolute atomic E-state index is 15.1. The summed E-state index contributed by atoms with van der Waals surface area (Å²) in [6.07, 6.45) is 2.43. The minimum atomic E-state index is -1.36. The number of carbonyl (C=O) groups is 4. The van der Waals surface area contributed by atoms with Crippen molar-refractivity contribution in [3.05, 3.63) is 99.0 Å². The number of rotatable bonds is 5. The molecule has 13 heteroatoms. The fourth-order valence-electron chi connectivity index (χ4n) is 9.53. The van der Waals surface area contributed by atoms with Crippen molar-refractivity contribution in [1.82, 2.24) is 9.78 Å². The van der Waals surface area contributed by atoms with Gasteiger partial charge in [0.1, 0.15) is 23.0 Å². The first-order valence-corrected chi connectivity index (χ1v) is 19.6. The van der Waals surface area contributed by atoms with E-state index in [2.05, 4.69) is 15.9 Å². The first-order chi connectivity index (χ1) is 25.8. The number of halogens is 2. The molecule has 0 spiro atoms. The minimum Gasteiger partial charge on any atom is -0.508 e. The molecule has 1 N–H and O–H groups in total. The Labute approximate surface area is 328 Å². The van der Waals surface area contributed by atoms with Crippen LogP contribution < -0.4 is 14.5 Å². The predicted molar refractivity (Wildman–Crippen MR) is 210 cm³/mol. The summed E-state index contributed by atoms with van der Waals surface area (Å²) in [5, 5.41) is 17.9. The average molecular weight is 826 g/mol. The summed E-state index contributed by atoms with van der Waals surface area (Å²) in [6.45, 7) is 3.79. The number of thiophene rings is 1. The van der Waals surface area contributed by atoms with Crippen LogP contribution in [0.15, 0.2) is 82.9 Å². The number of fused-ring (bicyclic) bond motifs is 5. The molecule has 1 saturated carbocycles. The summed E-state index contributed by atoms with van der Waals surface area (Å²) in [4.78, 5) is 61.8. The number of ether oxygens (including phenoxy) is 1. The fourth-order valence-corrected chi connectivity index (χ4v) is 11.1. The largest absolute Gasteiger partial charge is 0.508 e. The number of phenolic OH excluding ortho intramolecular Hbond substituents is 1. The van der Waals surface area contributed by atoms with E-state index >= 15 is 4.79 Å². The molecular formula is C41H34BrClN4O6S. The van der Waals surface area contributed by atoms with E-state index in [4.69, 9.17) is 21.4 Å². The second-order valence-electron chi connectivity index (χ2n) is 14.8. The molecule has 3 fully saturated rings. The summed E-state index contributed by atoms with van der Waals surface area (Å²) >= 11 is 11.3. The Balaban J connectivity index is 1.16. The lowest BCUT2D eigenvalue weighted by Gasteiger charge is -2.49. The Morgan fingerprint density at radius 3 is 2.46 bits per heavy atom. The van der Waals surface area contributed by atoms with E-state index in [0.717, 1.165) is 30.6 Å². The topological polar surface area (TPSA) is 122 Å². The molecule has 2 saturated heterocycles. The number of benzene rings is 3. The highest BCUT2D eigenvalue weighted by Gasteiger charge is 2.68. The summed E-state index contributed by atoms with van der Waals surface area (Å²) in [5.41, 5.74) is 1.92. The highest BCUT2D eigenvalue weighted by atomic mass is 79.9. The van der Waals surface area contributed by atoms with Gasteiger partial charge in [-0.2, -0.15) is 5.10 Å². The molecule has 4 heterocycles. The van der Waals surface area contributed by atoms with Gasteiger partial charge in [0.05, 0.1) is 40.8 Å². The van der Waals surface area contributed by atoms with Gasteiger partial charge >= 0.3 is 0 Å². The van der Waals surface area contributed by atoms with E-state index in [0.29, 0.717) is 33.5 Å². The van der Waals surface area contributed by atoms with Gasteiger partial charge in [0.15, 0.2) is 0 Å². The zero-order valence-corrected chi connectivity index (χ0v) is 32.8. The highest BCUT2D eigenvalue weighted by Crippen LogP contribution is 2.64. The molecule has 2 aliphatic heterocycles. The molecule has 4 amide bonds. The van der Waals surface area contributed by atoms with Gasteiger partial charge in [-0.1, -0.05) is 39.2 Å². The Kier molecular flexibility index (Phi) is 8.01. The molecule has 10 nitrogen and oxygen atoms in total. The SMILES string of the molecule is COc1ccc(O)c(C2C3=CCC4C(=O)N(c5ccc(Br)cc5)C(=O)C4C3CC3C(=O)N(c4cc(-c5sc6ccc(Cl)cc6c5C)nn4C)C(=O)C32C)c1. The van der Waals surface area contributed by atoms with E-state index in [1.807, 2.05) is 31.2 Å². The molecule has 0 bridgehead atoms. The lowest BCUT2D eigenvalue weighted by Crippen LogP contribution is -2.49. The Hall–Kier alpha value is -4.78. The fraction of sp³-hybridized carbons (Fsp3) is 0.293. The van der Waals surface area contributed by atoms with E-state index in [-0.39, 0.29) is 30.4 Å². The van der Waals surface area contributed by atoms with E-state index in [1.54, 1.807) is 72.5 Å². The third-order valence-corrected chi connectivity index (χ3v) is 14.2. The van der Waals surface area contributed by atoms with Gasteiger partial charge in [-0.3, -0.25) is 28.8 Å². The third-order valence-electron chi connectivity index (χ3n) is 12.1. The number of allylic oxidation sites excluding steroid dienone is 2. The number of amides is 4. The van der Waals surface area contributed by atoms with Crippen molar-refractivity contribution < 1.29 is 29.0 Å². The number of imide groups is 2. The maximum atomic E-state index is 15.1. The van der Waals surface area contributed by atoms with Crippen molar-refractivity contribution in [2.45, 2.75) is 32.6 Å². The molecule has 274 valence electrons. The predicted octanol–water partition coefficient (Wildman–Crippen LogP) is 8.18. The van der Waals surface area contributed by atoms with Gasteiger partial charge < -0.3 is 9.84 Å². The van der Waals surface area contributed by atoms with Crippen molar-refractivity contribution in [2.75, 3.05) is 16.9 Å². The van der Waals surface area contributed by atoms with Gasteiger partial charge in [-0.25, -0.2) is 4.90 Å². The number of aromatic hydroxyl groups is 1. The van der Waals surface area contributed by atoms with Gasteiger partial charge in [-0.15, -0.1) is 11.3 Å². The first-order valence-electron chi connectivity index (χ1n) is 17.6. The number of methoxy groups -OCH3 is 1. The summed E-state index contributed by atoms with van der Waals surface area (Å²) in [5.74, 6) is -4.30. The van der Waals surface area contributed by atoms with Crippen LogP contribution in [0.4, 0.5) is 11.5 Å². The number of carbonyl (C=O) groups excluding carboxylic acids is 4. The molecule has 0 radical (unpaired) electrons. The standard InChI is InChI=1S/C41H34BrClN4O6S/c1-19-26-15-21(43)7-14-32(26)54-36(19)30-18-33(45(3)44-30)47-38(50)29-17-27-24(35(41(29,2)40(47)52)28-16-23(53-4)10-13-31(28)48)11-12-25-34(27)39(51)46(37(25)49)22-8-5-20(42)6-9-22/h5-11,13-16,18,25,27,29,34-35,48H,12,17H2,1-4H3. The van der Waals surface area contributed by atoms with Crippen molar-refractivity contribution in [3.8, 4) is 22.1 Å². The van der Waals surface area contributed by atoms with Crippen LogP contribution in [0, 0.1) is 36.0 Å². The zero-order valence-electron chi connectivity index (χ0n) is 29.7. The van der Waals surface area contributed by atoms with Crippen LogP contribution in [0.3, 0.4) is 0 Å². The number of aromatic nitrogens is 2. The molecule has 2 aliphatic carbocycles. The normalized spacial score (nSPS) is 26.3. The number of anilines is 2. The van der Waals surface area contributed by atoms with Crippen molar-refractivity contribution in [3.63, 3.8) is 0 Å². The number of phenols is 1. The summed E-state index contributed by atoms with van der Waals surface area (Å²) in [6, 6.07) is 19.4. The van der Waals surface area contributed by atoms with Gasteiger partial charge in [0, 0.05) is 38.8 Å². The second-order valence-corrected chi connectivity index (χ2v) is 17.2. The van der Waals surface area contributed by atoms with Gasteiger partial charge in [0.25, 0.3) is 0 Å². The smallest absolute Gasteiger partial charge is 0.242 e. The first kappa shape index (κ1) is 35.0. The van der Waals surface area contributed by atoms with Crippen LogP contribution in [-0.2, 0) is 26.2 Å². The minimum absolute atomic E-state index is 0.0587. The molecule has 9 rings (SSSR count). The molecule has 2 aromatic heterocycles. The lowest BCUT2D eigenvalue weighted by molar-refractivity contribution is -0.131. The Morgan fingerprint density at radius 1 is 0.963 bits per heavy atom. The van der Waals surface area contributed by atoms with Crippen LogP contribution in [0.5, 0.6) is 11.5 Å². The average Bonchev–Trinajstić information content (AvgIpc) is 3.82. The lowest BCUT2D eigenvalue weighted by atomic mass is 9.51. The zero-order chi connectivity index (χ0) is 38.0. The second kappa shape index (κ2) is 12.4. The molecule has 54 heavy (non-hydrogen) atoms. The Morgan fingerprint density at radius 2 is 1.72 bits per heavy atom. The van der Waals surface area contributed by atoms with Crippen molar-refractivity contribution in [1.29, 1.82) is 0 Å². The van der Waals surface area contributed by atoms with E-state index in [1.165, 1.54) is 23.0 Å². The van der Waals surface area contributed by atoms with E-state index < -0.39 is 46.8 Å². The Bertz CT molecular complexity index is 2510. The summed E-state index contributed by atoms with van der Waals surface area (Å²) < 4.78 is 8.98. The number of nitrogens with zero attached hydrogens (tertiary/aromatic N) is 4. The summed E-state index contributed by atoms with van der Waals surface area (Å²) in [7, 11) is 3.23. The molecule has 3 aromatic carbocycles. The van der Waals surface area contributed by atoms with Crippen LogP contribution >= 0.6 is 38.9 Å². The van der Waals surface area contributed by atoms with Crippen molar-refractivity contribution in [2.24, 2.45) is 36.1 Å². The van der Waals surface area contributed by atoms with Crippen LogP contribution in [0.25, 0.3) is 20.7 Å². The van der Waals surface area contributed by atoms with Gasteiger partial charge in [-0.05, 0) is 104 Å². The monoisotopic (exact) mass is 824 g/mol. The molecule has 5 aromatic rings. The van der Waals surface area contributed by atoms with E-state index in [9.17, 15) is 19.5 Å². The van der Waals surface area contributed by atoms with Crippen LogP contribution in [0.2, 0.25) is 5.02 Å².